The maximum absolute atomic E-state index is 13.8. The second-order valence-electron chi connectivity index (χ2n) is 11.3. The van der Waals surface area contributed by atoms with E-state index < -0.39 is 17.4 Å². The zero-order chi connectivity index (χ0) is 25.9. The van der Waals surface area contributed by atoms with E-state index in [4.69, 9.17) is 27.9 Å². The van der Waals surface area contributed by atoms with Gasteiger partial charge < -0.3 is 15.4 Å². The van der Waals surface area contributed by atoms with Gasteiger partial charge in [-0.3, -0.25) is 4.79 Å². The Hall–Kier alpha value is -2.10. The molecule has 2 aromatic rings. The molecule has 0 aromatic heterocycles. The van der Waals surface area contributed by atoms with Crippen molar-refractivity contribution < 1.29 is 9.53 Å². The van der Waals surface area contributed by atoms with Crippen LogP contribution in [0.3, 0.4) is 0 Å². The van der Waals surface area contributed by atoms with Gasteiger partial charge in [0.2, 0.25) is 5.91 Å². The van der Waals surface area contributed by atoms with Gasteiger partial charge in [-0.2, -0.15) is 5.26 Å². The monoisotopic (exact) mass is 527 g/mol. The first-order chi connectivity index (χ1) is 17.1. The summed E-state index contributed by atoms with van der Waals surface area (Å²) in [6, 6.07) is 16.9. The van der Waals surface area contributed by atoms with E-state index >= 15 is 0 Å². The van der Waals surface area contributed by atoms with Gasteiger partial charge >= 0.3 is 0 Å². The molecule has 1 amide bonds. The van der Waals surface area contributed by atoms with E-state index in [1.165, 1.54) is 0 Å². The highest BCUT2D eigenvalue weighted by atomic mass is 35.5. The van der Waals surface area contributed by atoms with Gasteiger partial charge in [-0.05, 0) is 66.0 Å². The zero-order valence-corrected chi connectivity index (χ0v) is 22.7. The van der Waals surface area contributed by atoms with Gasteiger partial charge in [0, 0.05) is 41.8 Å². The molecule has 0 spiro atoms. The Balaban J connectivity index is 1.79. The molecule has 0 radical (unpaired) electrons. The van der Waals surface area contributed by atoms with Crippen molar-refractivity contribution in [3.63, 3.8) is 0 Å². The molecule has 0 bridgehead atoms. The molecule has 5 nitrogen and oxygen atoms in total. The average molecular weight is 529 g/mol. The van der Waals surface area contributed by atoms with Gasteiger partial charge in [0.25, 0.3) is 0 Å². The maximum atomic E-state index is 13.8. The summed E-state index contributed by atoms with van der Waals surface area (Å²) in [6.07, 6.45) is 2.59. The lowest BCUT2D eigenvalue weighted by Gasteiger charge is -2.37. The molecule has 192 valence electrons. The Kier molecular flexibility index (Phi) is 8.32. The number of carbonyl (C=O) groups excluding carboxylic acids is 1. The van der Waals surface area contributed by atoms with Crippen LogP contribution < -0.4 is 10.6 Å². The van der Waals surface area contributed by atoms with Crippen LogP contribution >= 0.6 is 23.2 Å². The summed E-state index contributed by atoms with van der Waals surface area (Å²) in [5.41, 5.74) is 0.650. The maximum Gasteiger partial charge on any atom is 0.237 e. The van der Waals surface area contributed by atoms with E-state index in [-0.39, 0.29) is 17.4 Å². The Morgan fingerprint density at radius 1 is 1.14 bits per heavy atom. The lowest BCUT2D eigenvalue weighted by atomic mass is 9.63. The van der Waals surface area contributed by atoms with Crippen LogP contribution in [0.5, 0.6) is 0 Å². The predicted octanol–water partition coefficient (Wildman–Crippen LogP) is 5.86. The third-order valence-electron chi connectivity index (χ3n) is 7.47. The molecule has 2 heterocycles. The van der Waals surface area contributed by atoms with Gasteiger partial charge in [0.15, 0.2) is 0 Å². The van der Waals surface area contributed by atoms with Gasteiger partial charge in [0.1, 0.15) is 5.41 Å². The van der Waals surface area contributed by atoms with Crippen molar-refractivity contribution >= 4 is 29.1 Å². The average Bonchev–Trinajstić information content (AvgIpc) is 3.17. The first-order valence-corrected chi connectivity index (χ1v) is 13.4. The van der Waals surface area contributed by atoms with Crippen LogP contribution in [0.2, 0.25) is 10.0 Å². The van der Waals surface area contributed by atoms with Gasteiger partial charge in [-0.15, -0.1) is 0 Å². The number of rotatable bonds is 6. The van der Waals surface area contributed by atoms with Crippen molar-refractivity contribution in [3.8, 4) is 6.07 Å². The largest absolute Gasteiger partial charge is 0.381 e. The lowest BCUT2D eigenvalue weighted by Crippen LogP contribution is -2.47. The normalized spacial score (nSPS) is 26.9. The summed E-state index contributed by atoms with van der Waals surface area (Å²) in [5, 5.41) is 18.9. The summed E-state index contributed by atoms with van der Waals surface area (Å²) in [6.45, 7) is 8.54. The number of ether oxygens (including phenoxy) is 1. The molecule has 7 heteroatoms. The molecule has 2 saturated heterocycles. The molecular weight excluding hydrogens is 493 g/mol. The molecule has 2 aromatic carbocycles. The third kappa shape index (κ3) is 5.73. The van der Waals surface area contributed by atoms with Crippen LogP contribution in [-0.2, 0) is 14.9 Å². The van der Waals surface area contributed by atoms with Gasteiger partial charge in [-0.25, -0.2) is 0 Å². The van der Waals surface area contributed by atoms with Crippen molar-refractivity contribution in [1.82, 2.24) is 10.6 Å². The number of hydrogen-bond donors (Lipinski definition) is 2. The highest BCUT2D eigenvalue weighted by Gasteiger charge is 2.59. The fourth-order valence-electron chi connectivity index (χ4n) is 5.76. The fourth-order valence-corrected chi connectivity index (χ4v) is 6.09. The molecular formula is C29H35Cl2N3O2. The van der Waals surface area contributed by atoms with Crippen LogP contribution in [-0.4, -0.2) is 37.7 Å². The van der Waals surface area contributed by atoms with Gasteiger partial charge in [0.05, 0.1) is 12.1 Å². The highest BCUT2D eigenvalue weighted by molar-refractivity contribution is 6.30. The number of amides is 1. The first kappa shape index (κ1) is 26.9. The number of nitrogens with zero attached hydrogens (tertiary/aromatic N) is 1. The molecule has 2 fully saturated rings. The number of nitriles is 1. The topological polar surface area (TPSA) is 74.2 Å². The Morgan fingerprint density at radius 3 is 2.44 bits per heavy atom. The van der Waals surface area contributed by atoms with E-state index in [0.717, 1.165) is 37.2 Å². The lowest BCUT2D eigenvalue weighted by molar-refractivity contribution is -0.123. The second-order valence-corrected chi connectivity index (χ2v) is 12.2. The van der Waals surface area contributed by atoms with Crippen LogP contribution in [0, 0.1) is 22.7 Å². The van der Waals surface area contributed by atoms with Crippen LogP contribution in [0.15, 0.2) is 48.5 Å². The summed E-state index contributed by atoms with van der Waals surface area (Å²) >= 11 is 12.7. The third-order valence-corrected chi connectivity index (χ3v) is 7.96. The SMILES string of the molecule is CC(C)(C)CC1NC(C(=O)NCC2CCOCC2)C(c2cccc(Cl)c2)C1(C#N)c1ccc(Cl)cc1. The van der Waals surface area contributed by atoms with Crippen molar-refractivity contribution in [3.05, 3.63) is 69.7 Å². The first-order valence-electron chi connectivity index (χ1n) is 12.7. The van der Waals surface area contributed by atoms with Crippen molar-refractivity contribution in [2.75, 3.05) is 19.8 Å². The molecule has 2 N–H and O–H groups in total. The number of halogens is 2. The molecule has 2 aliphatic heterocycles. The van der Waals surface area contributed by atoms with E-state index in [1.807, 2.05) is 48.5 Å². The van der Waals surface area contributed by atoms with E-state index in [9.17, 15) is 10.1 Å². The Morgan fingerprint density at radius 2 is 1.83 bits per heavy atom. The summed E-state index contributed by atoms with van der Waals surface area (Å²) in [7, 11) is 0. The number of benzene rings is 2. The second kappa shape index (κ2) is 11.1. The summed E-state index contributed by atoms with van der Waals surface area (Å²) in [5.74, 6) is -0.128. The Labute approximate surface area is 224 Å². The van der Waals surface area contributed by atoms with Crippen molar-refractivity contribution in [1.29, 1.82) is 5.26 Å². The van der Waals surface area contributed by atoms with E-state index in [0.29, 0.717) is 28.9 Å². The minimum absolute atomic E-state index is 0.0709. The van der Waals surface area contributed by atoms with Crippen molar-refractivity contribution in [2.24, 2.45) is 11.3 Å². The molecule has 36 heavy (non-hydrogen) atoms. The predicted molar refractivity (Wildman–Crippen MR) is 144 cm³/mol. The Bertz CT molecular complexity index is 1100. The number of carbonyl (C=O) groups is 1. The fraction of sp³-hybridized carbons (Fsp3) is 0.517. The minimum Gasteiger partial charge on any atom is -0.381 e. The van der Waals surface area contributed by atoms with E-state index in [2.05, 4.69) is 37.5 Å². The summed E-state index contributed by atoms with van der Waals surface area (Å²) < 4.78 is 5.47. The van der Waals surface area contributed by atoms with E-state index in [1.54, 1.807) is 0 Å². The van der Waals surface area contributed by atoms with Gasteiger partial charge in [-0.1, -0.05) is 68.2 Å². The molecule has 0 saturated carbocycles. The summed E-state index contributed by atoms with van der Waals surface area (Å²) in [4.78, 5) is 13.8. The van der Waals surface area contributed by atoms with Crippen LogP contribution in [0.1, 0.15) is 57.1 Å². The molecule has 4 unspecified atom stereocenters. The van der Waals surface area contributed by atoms with Crippen LogP contribution in [0.4, 0.5) is 0 Å². The highest BCUT2D eigenvalue weighted by Crippen LogP contribution is 2.51. The van der Waals surface area contributed by atoms with Crippen molar-refractivity contribution in [2.45, 2.75) is 63.5 Å². The molecule has 4 rings (SSSR count). The number of nitrogens with one attached hydrogen (secondary N) is 2. The minimum atomic E-state index is -0.997. The number of hydrogen-bond acceptors (Lipinski definition) is 4. The quantitative estimate of drug-likeness (QED) is 0.493. The smallest absolute Gasteiger partial charge is 0.237 e. The van der Waals surface area contributed by atoms with Crippen LogP contribution in [0.25, 0.3) is 0 Å². The zero-order valence-electron chi connectivity index (χ0n) is 21.2. The molecule has 2 aliphatic rings. The molecule has 0 aliphatic carbocycles. The molecule has 4 atom stereocenters. The standard InChI is InChI=1S/C29H35Cl2N3O2/c1-28(2,3)16-24-29(18-32,21-7-9-22(30)10-8-21)25(20-5-4-6-23(31)15-20)26(34-24)27(35)33-17-19-11-13-36-14-12-19/h4-10,15,19,24-26,34H,11-14,16-17H2,1-3H3,(H,33,35).